The van der Waals surface area contributed by atoms with Gasteiger partial charge >= 0.3 is 0 Å². The topological polar surface area (TPSA) is 86.9 Å². The molecule has 3 aromatic carbocycles. The molecular weight excluding hydrogens is 425 g/mol. The Bertz CT molecular complexity index is 1300. The first kappa shape index (κ1) is 19.8. The average molecular weight is 440 g/mol. The first-order chi connectivity index (χ1) is 14.5. The zero-order valence-electron chi connectivity index (χ0n) is 15.4. The van der Waals surface area contributed by atoms with Gasteiger partial charge in [-0.2, -0.15) is 0 Å². The normalized spacial score (nSPS) is 11.5. The molecule has 4 rings (SSSR count). The van der Waals surface area contributed by atoms with Crippen LogP contribution in [-0.2, 0) is 0 Å². The van der Waals surface area contributed by atoms with Crippen molar-refractivity contribution >= 4 is 51.5 Å². The fourth-order valence-corrected chi connectivity index (χ4v) is 3.05. The molecule has 0 spiro atoms. The number of halogens is 2. The number of carbonyl (C=O) groups excluding carboxylic acids is 1. The molecule has 0 saturated carbocycles. The zero-order chi connectivity index (χ0) is 21.1. The first-order valence-corrected chi connectivity index (χ1v) is 9.63. The second kappa shape index (κ2) is 8.49. The minimum absolute atomic E-state index is 0.0348. The maximum Gasteiger partial charge on any atom is 0.261 e. The molecule has 0 saturated heterocycles. The summed E-state index contributed by atoms with van der Waals surface area (Å²) in [6.45, 7) is 0. The summed E-state index contributed by atoms with van der Waals surface area (Å²) in [5.41, 5.74) is 4.56. The molecule has 8 heteroatoms. The van der Waals surface area contributed by atoms with Gasteiger partial charge in [-0.3, -0.25) is 10.2 Å². The zero-order valence-corrected chi connectivity index (χ0v) is 16.9. The number of fused-ring (bicyclic) bond motifs is 1. The Balaban J connectivity index is 1.77. The number of hydrogen-bond donors (Lipinski definition) is 3. The van der Waals surface area contributed by atoms with Gasteiger partial charge < -0.3 is 14.8 Å². The van der Waals surface area contributed by atoms with Crippen LogP contribution in [0.4, 0.5) is 11.4 Å². The number of phenolic OH excluding ortho intramolecular Hbond substituents is 1. The molecule has 0 fully saturated rings. The number of nitrogens with one attached hydrogen (secondary N) is 2. The molecule has 0 aliphatic carbocycles. The summed E-state index contributed by atoms with van der Waals surface area (Å²) in [6.07, 6.45) is 0. The maximum absolute atomic E-state index is 13.0. The van der Waals surface area contributed by atoms with Crippen LogP contribution in [0.2, 0.25) is 10.0 Å². The SMILES string of the molecule is O=C(Nc1ccccc1Cl)c1cc2ccc(O)cc2o/c1=N/Nc1ccc(Cl)cc1. The summed E-state index contributed by atoms with van der Waals surface area (Å²) in [5.74, 6) is -0.408. The molecular formula is C22H15Cl2N3O3. The summed E-state index contributed by atoms with van der Waals surface area (Å²) in [4.78, 5) is 13.0. The van der Waals surface area contributed by atoms with Crippen molar-refractivity contribution in [3.05, 3.63) is 94.0 Å². The molecule has 1 aromatic heterocycles. The van der Waals surface area contributed by atoms with Crippen LogP contribution in [0.1, 0.15) is 10.4 Å². The van der Waals surface area contributed by atoms with Crippen molar-refractivity contribution in [2.24, 2.45) is 5.10 Å². The lowest BCUT2D eigenvalue weighted by molar-refractivity contribution is 0.102. The molecule has 30 heavy (non-hydrogen) atoms. The fraction of sp³-hybridized carbons (Fsp3) is 0. The van der Waals surface area contributed by atoms with E-state index in [0.717, 1.165) is 0 Å². The van der Waals surface area contributed by atoms with Gasteiger partial charge in [0.25, 0.3) is 5.91 Å². The number of anilines is 2. The largest absolute Gasteiger partial charge is 0.508 e. The van der Waals surface area contributed by atoms with E-state index in [1.807, 2.05) is 0 Å². The van der Waals surface area contributed by atoms with Gasteiger partial charge in [-0.05, 0) is 54.6 Å². The summed E-state index contributed by atoms with van der Waals surface area (Å²) in [6, 6.07) is 20.0. The molecule has 0 radical (unpaired) electrons. The Morgan fingerprint density at radius 2 is 1.73 bits per heavy atom. The van der Waals surface area contributed by atoms with Crippen LogP contribution in [-0.4, -0.2) is 11.0 Å². The third-order valence-electron chi connectivity index (χ3n) is 4.23. The molecule has 1 amide bonds. The number of carbonyl (C=O) groups is 1. The molecule has 0 aliphatic heterocycles. The van der Waals surface area contributed by atoms with Gasteiger partial charge in [0.05, 0.1) is 16.4 Å². The third-order valence-corrected chi connectivity index (χ3v) is 4.81. The third kappa shape index (κ3) is 4.40. The summed E-state index contributed by atoms with van der Waals surface area (Å²) in [7, 11) is 0. The Kier molecular flexibility index (Phi) is 5.61. The van der Waals surface area contributed by atoms with Gasteiger partial charge in [-0.15, -0.1) is 5.10 Å². The quantitative estimate of drug-likeness (QED) is 0.359. The molecule has 0 atom stereocenters. The smallest absolute Gasteiger partial charge is 0.261 e. The number of nitrogens with zero attached hydrogens (tertiary/aromatic N) is 1. The van der Waals surface area contributed by atoms with Crippen molar-refractivity contribution in [2.45, 2.75) is 0 Å². The predicted molar refractivity (Wildman–Crippen MR) is 118 cm³/mol. The second-order valence-electron chi connectivity index (χ2n) is 6.35. The Morgan fingerprint density at radius 3 is 2.50 bits per heavy atom. The van der Waals surface area contributed by atoms with E-state index in [1.54, 1.807) is 60.7 Å². The van der Waals surface area contributed by atoms with E-state index in [0.29, 0.717) is 32.4 Å². The highest BCUT2D eigenvalue weighted by Gasteiger charge is 2.14. The van der Waals surface area contributed by atoms with Crippen molar-refractivity contribution in [3.63, 3.8) is 0 Å². The predicted octanol–water partition coefficient (Wildman–Crippen LogP) is 5.63. The number of para-hydroxylation sites is 1. The number of aromatic hydroxyl groups is 1. The highest BCUT2D eigenvalue weighted by atomic mass is 35.5. The lowest BCUT2D eigenvalue weighted by atomic mass is 10.1. The molecule has 0 aliphatic rings. The number of benzene rings is 3. The Labute approximate surface area is 181 Å². The van der Waals surface area contributed by atoms with Crippen LogP contribution in [0.15, 0.2) is 82.3 Å². The lowest BCUT2D eigenvalue weighted by Crippen LogP contribution is -2.22. The fourth-order valence-electron chi connectivity index (χ4n) is 2.74. The summed E-state index contributed by atoms with van der Waals surface area (Å²) >= 11 is 12.1. The van der Waals surface area contributed by atoms with E-state index in [-0.39, 0.29) is 16.9 Å². The average Bonchev–Trinajstić information content (AvgIpc) is 2.74. The van der Waals surface area contributed by atoms with E-state index in [4.69, 9.17) is 27.6 Å². The number of phenols is 1. The van der Waals surface area contributed by atoms with Gasteiger partial charge in [0.15, 0.2) is 0 Å². The maximum atomic E-state index is 13.0. The highest BCUT2D eigenvalue weighted by molar-refractivity contribution is 6.34. The molecule has 4 aromatic rings. The van der Waals surface area contributed by atoms with Crippen LogP contribution < -0.4 is 16.3 Å². The van der Waals surface area contributed by atoms with Crippen molar-refractivity contribution < 1.29 is 14.3 Å². The van der Waals surface area contributed by atoms with E-state index < -0.39 is 5.91 Å². The van der Waals surface area contributed by atoms with Gasteiger partial charge in [-0.25, -0.2) is 0 Å². The van der Waals surface area contributed by atoms with E-state index in [9.17, 15) is 9.90 Å². The second-order valence-corrected chi connectivity index (χ2v) is 7.20. The van der Waals surface area contributed by atoms with Crippen molar-refractivity contribution in [3.8, 4) is 5.75 Å². The first-order valence-electron chi connectivity index (χ1n) is 8.88. The number of hydrogen-bond acceptors (Lipinski definition) is 5. The van der Waals surface area contributed by atoms with E-state index in [2.05, 4.69) is 15.8 Å². The van der Waals surface area contributed by atoms with Crippen LogP contribution in [0, 0.1) is 0 Å². The van der Waals surface area contributed by atoms with E-state index in [1.165, 1.54) is 12.1 Å². The lowest BCUT2D eigenvalue weighted by Gasteiger charge is -2.08. The van der Waals surface area contributed by atoms with Crippen LogP contribution in [0.5, 0.6) is 5.75 Å². The standard InChI is InChI=1S/C22H15Cl2N3O3/c23-14-6-8-15(9-7-14)26-27-22-17(11-13-5-10-16(28)12-20(13)30-22)21(29)25-19-4-2-1-3-18(19)24/h1-12,26,28H,(H,25,29)/b27-22+. The monoisotopic (exact) mass is 439 g/mol. The van der Waals surface area contributed by atoms with Gasteiger partial charge in [-0.1, -0.05) is 35.3 Å². The molecule has 0 unspecified atom stereocenters. The molecule has 0 bridgehead atoms. The number of rotatable bonds is 4. The highest BCUT2D eigenvalue weighted by Crippen LogP contribution is 2.23. The van der Waals surface area contributed by atoms with Crippen molar-refractivity contribution in [2.75, 3.05) is 10.7 Å². The van der Waals surface area contributed by atoms with Gasteiger partial charge in [0.1, 0.15) is 16.9 Å². The Hall–Kier alpha value is -3.48. The Morgan fingerprint density at radius 1 is 0.967 bits per heavy atom. The van der Waals surface area contributed by atoms with Gasteiger partial charge in [0.2, 0.25) is 5.55 Å². The molecule has 150 valence electrons. The molecule has 3 N–H and O–H groups in total. The molecule has 6 nitrogen and oxygen atoms in total. The van der Waals surface area contributed by atoms with Gasteiger partial charge in [0, 0.05) is 16.5 Å². The summed E-state index contributed by atoms with van der Waals surface area (Å²) in [5, 5.41) is 18.4. The summed E-state index contributed by atoms with van der Waals surface area (Å²) < 4.78 is 5.80. The van der Waals surface area contributed by atoms with Crippen molar-refractivity contribution in [1.82, 2.24) is 0 Å². The number of amides is 1. The van der Waals surface area contributed by atoms with Crippen molar-refractivity contribution in [1.29, 1.82) is 0 Å². The van der Waals surface area contributed by atoms with Crippen LogP contribution >= 0.6 is 23.2 Å². The van der Waals surface area contributed by atoms with E-state index >= 15 is 0 Å². The van der Waals surface area contributed by atoms with Crippen LogP contribution in [0.25, 0.3) is 11.0 Å². The van der Waals surface area contributed by atoms with Crippen LogP contribution in [0.3, 0.4) is 0 Å². The molecule has 1 heterocycles. The minimum atomic E-state index is -0.446. The minimum Gasteiger partial charge on any atom is -0.508 e.